The molecule has 0 bridgehead atoms. The van der Waals surface area contributed by atoms with Crippen molar-refractivity contribution in [2.45, 2.75) is 30.0 Å². The highest BCUT2D eigenvalue weighted by Crippen LogP contribution is 2.20. The first-order valence-electron chi connectivity index (χ1n) is 5.79. The number of halogens is 2. The molecule has 1 rings (SSSR count). The summed E-state index contributed by atoms with van der Waals surface area (Å²) in [5.74, 6) is -3.92. The molecule has 1 aromatic carbocycles. The van der Waals surface area contributed by atoms with Gasteiger partial charge in [0.1, 0.15) is 6.04 Å². The third kappa shape index (κ3) is 3.66. The van der Waals surface area contributed by atoms with Gasteiger partial charge in [-0.3, -0.25) is 0 Å². The van der Waals surface area contributed by atoms with Crippen molar-refractivity contribution in [2.24, 2.45) is 0 Å². The number of rotatable bonds is 6. The summed E-state index contributed by atoms with van der Waals surface area (Å²) in [6.45, 7) is 1.77. The zero-order valence-electron chi connectivity index (χ0n) is 11.0. The standard InChI is InChI=1S/C12H15F2NO4S/c1-3-10(11(16)19-2)15-8-4-6-9(7-5-8)20(17,18)12(13)14/h4-7,10,12,15H,3H2,1-2H3. The van der Waals surface area contributed by atoms with Crippen molar-refractivity contribution in [2.75, 3.05) is 12.4 Å². The lowest BCUT2D eigenvalue weighted by molar-refractivity contribution is -0.141. The Morgan fingerprint density at radius 1 is 1.30 bits per heavy atom. The number of sulfone groups is 1. The van der Waals surface area contributed by atoms with Crippen LogP contribution in [0.15, 0.2) is 29.2 Å². The van der Waals surface area contributed by atoms with E-state index < -0.39 is 32.5 Å². The number of esters is 1. The van der Waals surface area contributed by atoms with Crippen molar-refractivity contribution in [1.82, 2.24) is 0 Å². The van der Waals surface area contributed by atoms with Crippen LogP contribution in [0, 0.1) is 0 Å². The largest absolute Gasteiger partial charge is 0.467 e. The van der Waals surface area contributed by atoms with Gasteiger partial charge >= 0.3 is 11.7 Å². The molecule has 8 heteroatoms. The Hall–Kier alpha value is -1.70. The van der Waals surface area contributed by atoms with Gasteiger partial charge < -0.3 is 10.1 Å². The van der Waals surface area contributed by atoms with Crippen molar-refractivity contribution in [3.63, 3.8) is 0 Å². The number of ether oxygens (including phenoxy) is 1. The van der Waals surface area contributed by atoms with E-state index in [2.05, 4.69) is 10.1 Å². The smallest absolute Gasteiger partial charge is 0.341 e. The Labute approximate surface area is 115 Å². The first-order valence-corrected chi connectivity index (χ1v) is 7.34. The van der Waals surface area contributed by atoms with Crippen LogP contribution >= 0.6 is 0 Å². The number of carbonyl (C=O) groups excluding carboxylic acids is 1. The summed E-state index contributed by atoms with van der Waals surface area (Å²) in [5, 5.41) is 2.83. The molecule has 20 heavy (non-hydrogen) atoms. The van der Waals surface area contributed by atoms with E-state index in [1.54, 1.807) is 6.92 Å². The zero-order chi connectivity index (χ0) is 15.3. The molecule has 112 valence electrons. The fourth-order valence-corrected chi connectivity index (χ4v) is 2.24. The van der Waals surface area contributed by atoms with E-state index in [9.17, 15) is 22.0 Å². The first kappa shape index (κ1) is 16.4. The van der Waals surface area contributed by atoms with E-state index in [1.807, 2.05) is 0 Å². The summed E-state index contributed by atoms with van der Waals surface area (Å²) in [6, 6.07) is 4.18. The Bertz CT molecular complexity index is 557. The van der Waals surface area contributed by atoms with Gasteiger partial charge in [-0.15, -0.1) is 0 Å². The van der Waals surface area contributed by atoms with Gasteiger partial charge in [0, 0.05) is 5.69 Å². The Balaban J connectivity index is 2.90. The molecular weight excluding hydrogens is 292 g/mol. The number of alkyl halides is 2. The molecule has 1 aromatic rings. The van der Waals surface area contributed by atoms with E-state index in [0.29, 0.717) is 12.1 Å². The fourth-order valence-electron chi connectivity index (χ4n) is 1.51. The van der Waals surface area contributed by atoms with Gasteiger partial charge in [0.15, 0.2) is 0 Å². The zero-order valence-corrected chi connectivity index (χ0v) is 11.8. The van der Waals surface area contributed by atoms with Crippen molar-refractivity contribution >= 4 is 21.5 Å². The summed E-state index contributed by atoms with van der Waals surface area (Å²) < 4.78 is 51.8. The minimum absolute atomic E-state index is 0.440. The number of hydrogen-bond donors (Lipinski definition) is 1. The second-order valence-electron chi connectivity index (χ2n) is 3.96. The molecule has 0 aliphatic heterocycles. The van der Waals surface area contributed by atoms with Crippen molar-refractivity contribution < 1.29 is 26.7 Å². The quantitative estimate of drug-likeness (QED) is 0.814. The number of anilines is 1. The van der Waals surface area contributed by atoms with Crippen LogP contribution in [0.4, 0.5) is 14.5 Å². The minimum atomic E-state index is -4.60. The van der Waals surface area contributed by atoms with E-state index in [0.717, 1.165) is 12.1 Å². The number of hydrogen-bond acceptors (Lipinski definition) is 5. The van der Waals surface area contributed by atoms with Gasteiger partial charge in [-0.25, -0.2) is 13.2 Å². The van der Waals surface area contributed by atoms with E-state index >= 15 is 0 Å². The average Bonchev–Trinajstić information content (AvgIpc) is 2.44. The van der Waals surface area contributed by atoms with Gasteiger partial charge in [-0.1, -0.05) is 6.92 Å². The van der Waals surface area contributed by atoms with Gasteiger partial charge in [0.25, 0.3) is 0 Å². The normalized spacial score (nSPS) is 13.1. The van der Waals surface area contributed by atoms with Crippen molar-refractivity contribution in [3.8, 4) is 0 Å². The van der Waals surface area contributed by atoms with Gasteiger partial charge in [0.2, 0.25) is 9.84 Å². The van der Waals surface area contributed by atoms with Gasteiger partial charge in [0.05, 0.1) is 12.0 Å². The average molecular weight is 307 g/mol. The predicted octanol–water partition coefficient (Wildman–Crippen LogP) is 2.05. The van der Waals surface area contributed by atoms with Crippen LogP contribution in [0.1, 0.15) is 13.3 Å². The Morgan fingerprint density at radius 3 is 2.25 bits per heavy atom. The molecule has 1 unspecified atom stereocenters. The van der Waals surface area contributed by atoms with Gasteiger partial charge in [-0.2, -0.15) is 8.78 Å². The van der Waals surface area contributed by atoms with Gasteiger partial charge in [-0.05, 0) is 30.7 Å². The number of methoxy groups -OCH3 is 1. The summed E-state index contributed by atoms with van der Waals surface area (Å²) in [4.78, 5) is 10.9. The maximum absolute atomic E-state index is 12.4. The van der Waals surface area contributed by atoms with Crippen molar-refractivity contribution in [1.29, 1.82) is 0 Å². The molecule has 0 amide bonds. The Morgan fingerprint density at radius 2 is 1.85 bits per heavy atom. The SMILES string of the molecule is CCC(Nc1ccc(S(=O)(=O)C(F)F)cc1)C(=O)OC. The van der Waals surface area contributed by atoms with Crippen LogP contribution in [-0.4, -0.2) is 33.3 Å². The molecule has 1 atom stereocenters. The van der Waals surface area contributed by atoms with Crippen LogP contribution < -0.4 is 5.32 Å². The molecule has 0 saturated heterocycles. The second kappa shape index (κ2) is 6.65. The highest BCUT2D eigenvalue weighted by molar-refractivity contribution is 7.91. The lowest BCUT2D eigenvalue weighted by Gasteiger charge is -2.16. The molecule has 0 aromatic heterocycles. The molecule has 0 spiro atoms. The maximum atomic E-state index is 12.4. The lowest BCUT2D eigenvalue weighted by atomic mass is 10.2. The number of carbonyl (C=O) groups is 1. The predicted molar refractivity (Wildman–Crippen MR) is 69.3 cm³/mol. The topological polar surface area (TPSA) is 72.5 Å². The Kier molecular flexibility index (Phi) is 5.43. The third-order valence-electron chi connectivity index (χ3n) is 2.65. The molecule has 5 nitrogen and oxygen atoms in total. The molecule has 0 aliphatic carbocycles. The number of nitrogens with one attached hydrogen (secondary N) is 1. The van der Waals surface area contributed by atoms with Crippen LogP contribution in [0.3, 0.4) is 0 Å². The molecule has 0 heterocycles. The molecule has 0 fully saturated rings. The van der Waals surface area contributed by atoms with E-state index in [4.69, 9.17) is 0 Å². The highest BCUT2D eigenvalue weighted by atomic mass is 32.2. The first-order chi connectivity index (χ1) is 9.32. The molecular formula is C12H15F2NO4S. The summed E-state index contributed by atoms with van der Waals surface area (Å²) in [7, 11) is -3.35. The van der Waals surface area contributed by atoms with E-state index in [-0.39, 0.29) is 0 Å². The third-order valence-corrected chi connectivity index (χ3v) is 4.05. The highest BCUT2D eigenvalue weighted by Gasteiger charge is 2.26. The number of benzene rings is 1. The van der Waals surface area contributed by atoms with Crippen LogP contribution in [0.5, 0.6) is 0 Å². The maximum Gasteiger partial charge on any atom is 0.341 e. The lowest BCUT2D eigenvalue weighted by Crippen LogP contribution is -2.29. The molecule has 0 saturated carbocycles. The summed E-state index contributed by atoms with van der Waals surface area (Å²) >= 11 is 0. The fraction of sp³-hybridized carbons (Fsp3) is 0.417. The van der Waals surface area contributed by atoms with Crippen LogP contribution in [0.25, 0.3) is 0 Å². The molecule has 0 radical (unpaired) electrons. The second-order valence-corrected chi connectivity index (χ2v) is 5.88. The van der Waals surface area contributed by atoms with E-state index in [1.165, 1.54) is 19.2 Å². The van der Waals surface area contributed by atoms with Crippen LogP contribution in [-0.2, 0) is 19.4 Å². The van der Waals surface area contributed by atoms with Crippen LogP contribution in [0.2, 0.25) is 0 Å². The summed E-state index contributed by atoms with van der Waals surface area (Å²) in [5.41, 5.74) is 0.440. The van der Waals surface area contributed by atoms with Crippen molar-refractivity contribution in [3.05, 3.63) is 24.3 Å². The summed E-state index contributed by atoms with van der Waals surface area (Å²) in [6.07, 6.45) is 0.462. The monoisotopic (exact) mass is 307 g/mol. The molecule has 0 aliphatic rings. The minimum Gasteiger partial charge on any atom is -0.467 e. The molecule has 1 N–H and O–H groups in total.